The van der Waals surface area contributed by atoms with Crippen molar-refractivity contribution in [1.82, 2.24) is 0 Å². The van der Waals surface area contributed by atoms with Crippen LogP contribution in [-0.2, 0) is 5.75 Å². The van der Waals surface area contributed by atoms with Gasteiger partial charge in [0, 0.05) is 11.0 Å². The maximum Gasteiger partial charge on any atom is 0.0658 e. The third kappa shape index (κ3) is 3.30. The number of aryl methyl sites for hydroxylation is 3. The smallest absolute Gasteiger partial charge is 0.0658 e. The lowest BCUT2D eigenvalue weighted by Gasteiger charge is -2.27. The average molecular weight is 264 g/mol. The zero-order chi connectivity index (χ0) is 13.1. The fraction of sp³-hybridized carbons (Fsp3) is 0.625. The lowest BCUT2D eigenvalue weighted by molar-refractivity contribution is 0.137. The van der Waals surface area contributed by atoms with Crippen molar-refractivity contribution in [2.45, 2.75) is 63.6 Å². The number of thioether (sulfide) groups is 1. The summed E-state index contributed by atoms with van der Waals surface area (Å²) in [6.07, 6.45) is 4.55. The minimum atomic E-state index is -0.0881. The molecular weight excluding hydrogens is 240 g/mol. The molecule has 0 aromatic heterocycles. The van der Waals surface area contributed by atoms with Crippen molar-refractivity contribution < 1.29 is 5.11 Å². The van der Waals surface area contributed by atoms with Gasteiger partial charge in [0.05, 0.1) is 6.10 Å². The standard InChI is InChI=1S/C16H24OS/c1-11-8-12(2)14(13(3)9-11)10-18-16-7-5-4-6-15(16)17/h8-9,15-17H,4-7,10H2,1-3H3/t15-,16-/m1/s1. The largest absolute Gasteiger partial charge is 0.392 e. The second-order valence-corrected chi connectivity index (χ2v) is 6.81. The zero-order valence-electron chi connectivity index (χ0n) is 11.7. The highest BCUT2D eigenvalue weighted by Gasteiger charge is 2.23. The van der Waals surface area contributed by atoms with E-state index in [1.165, 1.54) is 41.5 Å². The van der Waals surface area contributed by atoms with Crippen LogP contribution in [0.2, 0.25) is 0 Å². The van der Waals surface area contributed by atoms with Crippen LogP contribution in [0.25, 0.3) is 0 Å². The molecule has 0 aliphatic heterocycles. The highest BCUT2D eigenvalue weighted by Crippen LogP contribution is 2.32. The van der Waals surface area contributed by atoms with Crippen LogP contribution in [0.1, 0.15) is 47.9 Å². The Labute approximate surface area is 115 Å². The van der Waals surface area contributed by atoms with Crippen LogP contribution in [-0.4, -0.2) is 16.5 Å². The van der Waals surface area contributed by atoms with Gasteiger partial charge >= 0.3 is 0 Å². The summed E-state index contributed by atoms with van der Waals surface area (Å²) in [6, 6.07) is 4.53. The Bertz CT molecular complexity index is 391. The molecule has 1 saturated carbocycles. The molecule has 18 heavy (non-hydrogen) atoms. The summed E-state index contributed by atoms with van der Waals surface area (Å²) in [7, 11) is 0. The molecule has 0 unspecified atom stereocenters. The van der Waals surface area contributed by atoms with Crippen molar-refractivity contribution in [3.8, 4) is 0 Å². The molecule has 1 aromatic carbocycles. The molecule has 1 N–H and O–H groups in total. The van der Waals surface area contributed by atoms with Gasteiger partial charge in [-0.3, -0.25) is 0 Å². The molecule has 2 rings (SSSR count). The predicted octanol–water partition coefficient (Wildman–Crippen LogP) is 4.15. The van der Waals surface area contributed by atoms with Gasteiger partial charge in [0.25, 0.3) is 0 Å². The summed E-state index contributed by atoms with van der Waals surface area (Å²) in [5, 5.41) is 10.5. The summed E-state index contributed by atoms with van der Waals surface area (Å²) in [4.78, 5) is 0. The molecule has 1 nitrogen and oxygen atoms in total. The van der Waals surface area contributed by atoms with Gasteiger partial charge in [-0.15, -0.1) is 0 Å². The topological polar surface area (TPSA) is 20.2 Å². The molecule has 0 amide bonds. The number of benzene rings is 1. The van der Waals surface area contributed by atoms with Crippen molar-refractivity contribution in [2.24, 2.45) is 0 Å². The molecule has 1 aromatic rings. The minimum Gasteiger partial charge on any atom is -0.392 e. The highest BCUT2D eigenvalue weighted by atomic mass is 32.2. The molecule has 0 heterocycles. The monoisotopic (exact) mass is 264 g/mol. The molecule has 0 radical (unpaired) electrons. The quantitative estimate of drug-likeness (QED) is 0.885. The van der Waals surface area contributed by atoms with Gasteiger partial charge < -0.3 is 5.11 Å². The molecule has 0 saturated heterocycles. The normalized spacial score (nSPS) is 24.2. The molecular formula is C16H24OS. The summed E-state index contributed by atoms with van der Waals surface area (Å²) < 4.78 is 0. The molecule has 1 fully saturated rings. The Morgan fingerprint density at radius 3 is 2.33 bits per heavy atom. The molecule has 0 spiro atoms. The van der Waals surface area contributed by atoms with E-state index in [-0.39, 0.29) is 6.10 Å². The van der Waals surface area contributed by atoms with E-state index in [9.17, 15) is 5.11 Å². The number of aliphatic hydroxyl groups is 1. The van der Waals surface area contributed by atoms with E-state index >= 15 is 0 Å². The first kappa shape index (κ1) is 14.0. The molecule has 2 atom stereocenters. The van der Waals surface area contributed by atoms with E-state index in [0.29, 0.717) is 5.25 Å². The number of aliphatic hydroxyl groups excluding tert-OH is 1. The minimum absolute atomic E-state index is 0.0881. The van der Waals surface area contributed by atoms with Gasteiger partial charge in [0.2, 0.25) is 0 Å². The molecule has 2 heteroatoms. The molecule has 1 aliphatic rings. The van der Waals surface area contributed by atoms with Crippen molar-refractivity contribution in [1.29, 1.82) is 0 Å². The van der Waals surface area contributed by atoms with Crippen molar-refractivity contribution in [2.75, 3.05) is 0 Å². The highest BCUT2D eigenvalue weighted by molar-refractivity contribution is 7.99. The van der Waals surface area contributed by atoms with Crippen molar-refractivity contribution in [3.63, 3.8) is 0 Å². The summed E-state index contributed by atoms with van der Waals surface area (Å²) >= 11 is 1.94. The van der Waals surface area contributed by atoms with E-state index in [1.807, 2.05) is 11.8 Å². The summed E-state index contributed by atoms with van der Waals surface area (Å²) in [5.41, 5.74) is 5.59. The maximum absolute atomic E-state index is 10.0. The first-order valence-corrected chi connectivity index (χ1v) is 7.99. The average Bonchev–Trinajstić information content (AvgIpc) is 2.30. The molecule has 1 aliphatic carbocycles. The zero-order valence-corrected chi connectivity index (χ0v) is 12.5. The van der Waals surface area contributed by atoms with Crippen molar-refractivity contribution >= 4 is 11.8 Å². The SMILES string of the molecule is Cc1cc(C)c(CS[C@@H]2CCCC[C@H]2O)c(C)c1. The van der Waals surface area contributed by atoms with Crippen LogP contribution >= 0.6 is 11.8 Å². The first-order chi connectivity index (χ1) is 8.58. The van der Waals surface area contributed by atoms with E-state index in [2.05, 4.69) is 32.9 Å². The Hall–Kier alpha value is -0.470. The molecule has 0 bridgehead atoms. The van der Waals surface area contributed by atoms with Crippen LogP contribution in [0, 0.1) is 20.8 Å². The van der Waals surface area contributed by atoms with Crippen LogP contribution in [0.3, 0.4) is 0 Å². The Morgan fingerprint density at radius 1 is 1.11 bits per heavy atom. The van der Waals surface area contributed by atoms with E-state index in [0.717, 1.165) is 12.2 Å². The van der Waals surface area contributed by atoms with Gasteiger partial charge in [0.15, 0.2) is 0 Å². The van der Waals surface area contributed by atoms with Gasteiger partial charge in [-0.25, -0.2) is 0 Å². The van der Waals surface area contributed by atoms with Crippen molar-refractivity contribution in [3.05, 3.63) is 34.4 Å². The number of hydrogen-bond acceptors (Lipinski definition) is 2. The predicted molar refractivity (Wildman–Crippen MR) is 80.2 cm³/mol. The third-order valence-corrected chi connectivity index (χ3v) is 5.38. The van der Waals surface area contributed by atoms with E-state index < -0.39 is 0 Å². The Balaban J connectivity index is 2.01. The molecule has 100 valence electrons. The van der Waals surface area contributed by atoms with E-state index in [4.69, 9.17) is 0 Å². The third-order valence-electron chi connectivity index (χ3n) is 3.95. The lowest BCUT2D eigenvalue weighted by atomic mass is 9.97. The van der Waals surface area contributed by atoms with Crippen LogP contribution in [0.5, 0.6) is 0 Å². The Kier molecular flexibility index (Phi) is 4.74. The lowest BCUT2D eigenvalue weighted by Crippen LogP contribution is -2.26. The van der Waals surface area contributed by atoms with Crippen LogP contribution in [0.4, 0.5) is 0 Å². The fourth-order valence-electron chi connectivity index (χ4n) is 2.90. The number of hydrogen-bond donors (Lipinski definition) is 1. The van der Waals surface area contributed by atoms with Gasteiger partial charge in [0.1, 0.15) is 0 Å². The van der Waals surface area contributed by atoms with Gasteiger partial charge in [-0.05, 0) is 50.3 Å². The fourth-order valence-corrected chi connectivity index (χ4v) is 4.43. The second-order valence-electron chi connectivity index (χ2n) is 5.58. The first-order valence-electron chi connectivity index (χ1n) is 6.94. The maximum atomic E-state index is 10.0. The Morgan fingerprint density at radius 2 is 1.72 bits per heavy atom. The second kappa shape index (κ2) is 6.12. The summed E-state index contributed by atoms with van der Waals surface area (Å²) in [6.45, 7) is 6.56. The number of rotatable bonds is 3. The summed E-state index contributed by atoms with van der Waals surface area (Å²) in [5.74, 6) is 1.04. The van der Waals surface area contributed by atoms with Gasteiger partial charge in [-0.2, -0.15) is 11.8 Å². The van der Waals surface area contributed by atoms with Crippen LogP contribution < -0.4 is 0 Å². The van der Waals surface area contributed by atoms with Gasteiger partial charge in [-0.1, -0.05) is 30.5 Å². The van der Waals surface area contributed by atoms with Crippen LogP contribution in [0.15, 0.2) is 12.1 Å². The van der Waals surface area contributed by atoms with E-state index in [1.54, 1.807) is 0 Å².